The van der Waals surface area contributed by atoms with Gasteiger partial charge in [0.05, 0.1) is 10.1 Å². The van der Waals surface area contributed by atoms with Crippen LogP contribution in [0.3, 0.4) is 0 Å². The Hall–Kier alpha value is -2.65. The van der Waals surface area contributed by atoms with E-state index in [1.54, 1.807) is 11.3 Å². The van der Waals surface area contributed by atoms with Crippen molar-refractivity contribution in [2.45, 2.75) is 24.3 Å². The maximum absolute atomic E-state index is 6.19. The first-order valence-electron chi connectivity index (χ1n) is 7.93. The van der Waals surface area contributed by atoms with Crippen LogP contribution in [0.5, 0.6) is 0 Å². The third kappa shape index (κ3) is 3.23. The first-order valence-corrected chi connectivity index (χ1v) is 9.69. The average Bonchev–Trinajstić information content (AvgIpc) is 3.37. The zero-order valence-corrected chi connectivity index (χ0v) is 15.8. The van der Waals surface area contributed by atoms with Gasteiger partial charge in [-0.05, 0) is 25.3 Å². The van der Waals surface area contributed by atoms with Gasteiger partial charge in [0, 0.05) is 5.56 Å². The fourth-order valence-electron chi connectivity index (χ4n) is 2.37. The number of aromatic nitrogens is 5. The molecule has 7 nitrogen and oxygen atoms in total. The lowest BCUT2D eigenvalue weighted by Crippen LogP contribution is -2.12. The van der Waals surface area contributed by atoms with Crippen molar-refractivity contribution in [1.29, 1.82) is 0 Å². The maximum Gasteiger partial charge on any atom is 0.240 e. The fourth-order valence-corrected chi connectivity index (χ4v) is 3.82. The Balaban J connectivity index is 1.53. The van der Waals surface area contributed by atoms with Gasteiger partial charge in [0.25, 0.3) is 0 Å². The fraction of sp³-hybridized carbons (Fsp3) is 0.176. The number of hydrogen-bond acceptors (Lipinski definition) is 8. The molecule has 0 saturated carbocycles. The van der Waals surface area contributed by atoms with Crippen molar-refractivity contribution < 1.29 is 4.52 Å². The first kappa shape index (κ1) is 16.8. The molecule has 0 saturated heterocycles. The van der Waals surface area contributed by atoms with Crippen LogP contribution in [0.25, 0.3) is 22.1 Å². The molecule has 0 bridgehead atoms. The van der Waals surface area contributed by atoms with Crippen molar-refractivity contribution in [2.24, 2.45) is 0 Å². The van der Waals surface area contributed by atoms with Crippen LogP contribution in [0.1, 0.15) is 23.6 Å². The van der Waals surface area contributed by atoms with Gasteiger partial charge in [-0.2, -0.15) is 4.98 Å². The van der Waals surface area contributed by atoms with Gasteiger partial charge in [0.15, 0.2) is 5.82 Å². The highest BCUT2D eigenvalue weighted by Gasteiger charge is 2.21. The number of rotatable bonds is 5. The molecule has 0 radical (unpaired) electrons. The van der Waals surface area contributed by atoms with Crippen molar-refractivity contribution >= 4 is 23.1 Å². The molecule has 0 aliphatic rings. The van der Waals surface area contributed by atoms with Crippen molar-refractivity contribution in [3.8, 4) is 22.1 Å². The van der Waals surface area contributed by atoms with E-state index in [0.717, 1.165) is 10.4 Å². The predicted molar refractivity (Wildman–Crippen MR) is 102 cm³/mol. The van der Waals surface area contributed by atoms with Gasteiger partial charge in [-0.1, -0.05) is 52.8 Å². The van der Waals surface area contributed by atoms with E-state index in [0.29, 0.717) is 22.7 Å². The van der Waals surface area contributed by atoms with Crippen LogP contribution in [-0.2, 0) is 0 Å². The molecule has 3 aromatic heterocycles. The molecule has 132 valence electrons. The van der Waals surface area contributed by atoms with E-state index >= 15 is 0 Å². The molecular formula is C17H16N6OS2. The van der Waals surface area contributed by atoms with Crippen LogP contribution in [-0.4, -0.2) is 25.0 Å². The molecule has 4 rings (SSSR count). The summed E-state index contributed by atoms with van der Waals surface area (Å²) in [5, 5.41) is 14.9. The maximum atomic E-state index is 6.19. The van der Waals surface area contributed by atoms with E-state index < -0.39 is 0 Å². The highest BCUT2D eigenvalue weighted by molar-refractivity contribution is 7.99. The Kier molecular flexibility index (Phi) is 4.48. The van der Waals surface area contributed by atoms with Gasteiger partial charge in [0.2, 0.25) is 16.9 Å². The topological polar surface area (TPSA) is 95.6 Å². The van der Waals surface area contributed by atoms with E-state index in [9.17, 15) is 0 Å². The minimum absolute atomic E-state index is 0.103. The van der Waals surface area contributed by atoms with Crippen LogP contribution in [0.15, 0.2) is 51.5 Å². The quantitative estimate of drug-likeness (QED) is 0.411. The first-order chi connectivity index (χ1) is 12.6. The molecule has 1 atom stereocenters. The lowest BCUT2D eigenvalue weighted by molar-refractivity contribution is 0.380. The number of aryl methyl sites for hydroxylation is 1. The zero-order chi connectivity index (χ0) is 18.1. The molecule has 9 heteroatoms. The Morgan fingerprint density at radius 1 is 1.19 bits per heavy atom. The number of thioether (sulfide) groups is 1. The van der Waals surface area contributed by atoms with Crippen molar-refractivity contribution in [3.05, 3.63) is 53.2 Å². The van der Waals surface area contributed by atoms with Crippen LogP contribution in [0.2, 0.25) is 0 Å². The minimum atomic E-state index is -0.103. The molecule has 0 spiro atoms. The predicted octanol–water partition coefficient (Wildman–Crippen LogP) is 3.93. The Morgan fingerprint density at radius 3 is 2.73 bits per heavy atom. The number of benzene rings is 1. The van der Waals surface area contributed by atoms with Gasteiger partial charge >= 0.3 is 0 Å². The summed E-state index contributed by atoms with van der Waals surface area (Å²) in [7, 11) is 0. The Labute approximate surface area is 158 Å². The third-order valence-corrected chi connectivity index (χ3v) is 5.70. The van der Waals surface area contributed by atoms with Gasteiger partial charge in [-0.15, -0.1) is 21.5 Å². The molecule has 1 aromatic carbocycles. The van der Waals surface area contributed by atoms with Crippen molar-refractivity contribution in [1.82, 2.24) is 25.0 Å². The number of nitrogens with zero attached hydrogens (tertiary/aromatic N) is 5. The second-order valence-corrected chi connectivity index (χ2v) is 7.99. The van der Waals surface area contributed by atoms with Crippen LogP contribution < -0.4 is 5.84 Å². The molecule has 4 aromatic rings. The summed E-state index contributed by atoms with van der Waals surface area (Å²) in [5.74, 6) is 7.92. The summed E-state index contributed by atoms with van der Waals surface area (Å²) < 4.78 is 6.88. The van der Waals surface area contributed by atoms with Gasteiger partial charge < -0.3 is 10.4 Å². The van der Waals surface area contributed by atoms with Crippen LogP contribution in [0, 0.1) is 6.92 Å². The molecular weight excluding hydrogens is 368 g/mol. The SMILES string of the molecule is Cc1ccc(-c2nnc(SC(C)c3nc(-c4cccs4)no3)n2N)cc1. The van der Waals surface area contributed by atoms with E-state index in [1.165, 1.54) is 22.0 Å². The summed E-state index contributed by atoms with van der Waals surface area (Å²) in [6.07, 6.45) is 0. The normalized spacial score (nSPS) is 12.4. The average molecular weight is 384 g/mol. The van der Waals surface area contributed by atoms with Crippen LogP contribution >= 0.6 is 23.1 Å². The van der Waals surface area contributed by atoms with Crippen molar-refractivity contribution in [2.75, 3.05) is 5.84 Å². The zero-order valence-electron chi connectivity index (χ0n) is 14.2. The van der Waals surface area contributed by atoms with Gasteiger partial charge in [0.1, 0.15) is 0 Å². The molecule has 0 amide bonds. The minimum Gasteiger partial charge on any atom is -0.338 e. The molecule has 26 heavy (non-hydrogen) atoms. The highest BCUT2D eigenvalue weighted by Crippen LogP contribution is 2.34. The summed E-state index contributed by atoms with van der Waals surface area (Å²) in [6.45, 7) is 4.01. The third-order valence-electron chi connectivity index (χ3n) is 3.79. The smallest absolute Gasteiger partial charge is 0.240 e. The lowest BCUT2D eigenvalue weighted by Gasteiger charge is -2.06. The lowest BCUT2D eigenvalue weighted by atomic mass is 10.1. The summed E-state index contributed by atoms with van der Waals surface area (Å²) in [5.41, 5.74) is 2.10. The number of thiophene rings is 1. The molecule has 3 heterocycles. The number of nitrogen functional groups attached to an aromatic ring is 1. The summed E-state index contributed by atoms with van der Waals surface area (Å²) in [6, 6.07) is 11.9. The largest absolute Gasteiger partial charge is 0.338 e. The van der Waals surface area contributed by atoms with E-state index in [2.05, 4.69) is 20.3 Å². The van der Waals surface area contributed by atoms with Gasteiger partial charge in [-0.3, -0.25) is 0 Å². The Morgan fingerprint density at radius 2 is 2.00 bits per heavy atom. The second kappa shape index (κ2) is 6.93. The molecule has 0 aliphatic carbocycles. The summed E-state index contributed by atoms with van der Waals surface area (Å²) in [4.78, 5) is 5.44. The number of nitrogens with two attached hydrogens (primary N) is 1. The monoisotopic (exact) mass is 384 g/mol. The van der Waals surface area contributed by atoms with E-state index in [1.807, 2.05) is 55.6 Å². The summed E-state index contributed by atoms with van der Waals surface area (Å²) >= 11 is 3.00. The van der Waals surface area contributed by atoms with Gasteiger partial charge in [-0.25, -0.2) is 4.68 Å². The van der Waals surface area contributed by atoms with Crippen LogP contribution in [0.4, 0.5) is 0 Å². The second-order valence-electron chi connectivity index (χ2n) is 5.74. The molecule has 0 aliphatic heterocycles. The molecule has 0 fully saturated rings. The van der Waals surface area contributed by atoms with E-state index in [-0.39, 0.29) is 5.25 Å². The van der Waals surface area contributed by atoms with Crippen molar-refractivity contribution in [3.63, 3.8) is 0 Å². The highest BCUT2D eigenvalue weighted by atomic mass is 32.2. The standard InChI is InChI=1S/C17H16N6OS2/c1-10-5-7-12(8-6-10)15-20-21-17(23(15)18)26-11(2)16-19-14(22-24-16)13-4-3-9-25-13/h3-9,11H,18H2,1-2H3. The van der Waals surface area contributed by atoms with E-state index in [4.69, 9.17) is 10.4 Å². The number of hydrogen-bond donors (Lipinski definition) is 1. The molecule has 2 N–H and O–H groups in total. The molecule has 1 unspecified atom stereocenters. The Bertz CT molecular complexity index is 1010.